The largest absolute Gasteiger partial charge is 0.368 e. The van der Waals surface area contributed by atoms with Crippen molar-refractivity contribution in [2.45, 2.75) is 6.92 Å². The molecule has 6 nitrogen and oxygen atoms in total. The van der Waals surface area contributed by atoms with Crippen LogP contribution in [0.4, 0.5) is 5.95 Å². The lowest BCUT2D eigenvalue weighted by Crippen LogP contribution is -2.03. The van der Waals surface area contributed by atoms with Gasteiger partial charge in [-0.05, 0) is 0 Å². The van der Waals surface area contributed by atoms with Gasteiger partial charge in [-0.15, -0.1) is 0 Å². The quantitative estimate of drug-likeness (QED) is 0.817. The first-order valence-corrected chi connectivity index (χ1v) is 5.99. The molecule has 0 radical (unpaired) electrons. The molecule has 0 aromatic carbocycles. The number of anilines is 1. The third-order valence-corrected chi connectivity index (χ3v) is 3.37. The summed E-state index contributed by atoms with van der Waals surface area (Å²) in [5.74, 6) is 0.585. The van der Waals surface area contributed by atoms with Crippen LogP contribution in [0.25, 0.3) is 16.1 Å². The first-order valence-electron chi connectivity index (χ1n) is 4.67. The zero-order valence-corrected chi connectivity index (χ0v) is 9.54. The van der Waals surface area contributed by atoms with E-state index in [1.54, 1.807) is 0 Å². The van der Waals surface area contributed by atoms with Crippen LogP contribution in [0.2, 0.25) is 0 Å². The average molecular weight is 237 g/mol. The van der Waals surface area contributed by atoms with Crippen LogP contribution in [0, 0.1) is 0 Å². The minimum Gasteiger partial charge on any atom is -0.368 e. The number of rotatable bonds is 3. The maximum absolute atomic E-state index is 11.7. The molecule has 0 saturated carbocycles. The van der Waals surface area contributed by atoms with Gasteiger partial charge in [-0.1, -0.05) is 13.5 Å². The van der Waals surface area contributed by atoms with Crippen LogP contribution in [0.3, 0.4) is 0 Å². The molecule has 0 amide bonds. The number of aromatic amines is 1. The summed E-state index contributed by atoms with van der Waals surface area (Å²) in [6.45, 7) is 5.59. The number of nitrogen functional groups attached to an aromatic ring is 1. The lowest BCUT2D eigenvalue weighted by atomic mass is 10.3. The topological polar surface area (TPSA) is 97.5 Å². The summed E-state index contributed by atoms with van der Waals surface area (Å²) < 4.78 is 11.7. The number of H-pyrrole nitrogens is 1. The first-order chi connectivity index (χ1) is 7.63. The van der Waals surface area contributed by atoms with Crippen molar-refractivity contribution in [1.82, 2.24) is 19.9 Å². The molecular weight excluding hydrogens is 226 g/mol. The van der Waals surface area contributed by atoms with Crippen molar-refractivity contribution >= 4 is 32.8 Å². The highest BCUT2D eigenvalue weighted by Crippen LogP contribution is 2.21. The molecule has 0 aliphatic heterocycles. The Morgan fingerprint density at radius 2 is 2.38 bits per heavy atom. The molecule has 1 atom stereocenters. The van der Waals surface area contributed by atoms with E-state index in [0.29, 0.717) is 27.5 Å². The molecule has 0 bridgehead atoms. The number of hydrogen-bond acceptors (Lipinski definition) is 5. The summed E-state index contributed by atoms with van der Waals surface area (Å²) in [5, 5.41) is 0. The number of nitrogens with zero attached hydrogens (tertiary/aromatic N) is 3. The third kappa shape index (κ3) is 1.69. The highest BCUT2D eigenvalue weighted by Gasteiger charge is 2.14. The molecule has 0 aliphatic carbocycles. The van der Waals surface area contributed by atoms with E-state index in [1.807, 2.05) is 6.92 Å². The minimum atomic E-state index is -1.16. The molecule has 2 aromatic heterocycles. The van der Waals surface area contributed by atoms with E-state index in [4.69, 9.17) is 5.73 Å². The van der Waals surface area contributed by atoms with Crippen molar-refractivity contribution < 1.29 is 4.21 Å². The van der Waals surface area contributed by atoms with E-state index >= 15 is 0 Å². The second-order valence-corrected chi connectivity index (χ2v) is 4.85. The fourth-order valence-corrected chi connectivity index (χ4v) is 2.05. The fourth-order valence-electron chi connectivity index (χ4n) is 1.33. The summed E-state index contributed by atoms with van der Waals surface area (Å²) in [4.78, 5) is 15.3. The molecule has 3 N–H and O–H groups in total. The Bertz CT molecular complexity index is 576. The number of nitrogens with two attached hydrogens (primary N) is 1. The predicted octanol–water partition coefficient (Wildman–Crippen LogP) is 0.674. The summed E-state index contributed by atoms with van der Waals surface area (Å²) in [7, 11) is -1.16. The van der Waals surface area contributed by atoms with Gasteiger partial charge in [0.25, 0.3) is 0 Å². The molecule has 1 unspecified atom stereocenters. The summed E-state index contributed by atoms with van der Waals surface area (Å²) in [6.07, 6.45) is 1.49. The summed E-state index contributed by atoms with van der Waals surface area (Å²) >= 11 is 0. The predicted molar refractivity (Wildman–Crippen MR) is 63.8 cm³/mol. The Morgan fingerprint density at radius 1 is 1.62 bits per heavy atom. The van der Waals surface area contributed by atoms with Crippen molar-refractivity contribution in [3.8, 4) is 0 Å². The van der Waals surface area contributed by atoms with Gasteiger partial charge in [0, 0.05) is 5.75 Å². The van der Waals surface area contributed by atoms with Crippen LogP contribution in [0.15, 0.2) is 12.9 Å². The van der Waals surface area contributed by atoms with E-state index in [2.05, 4.69) is 26.5 Å². The van der Waals surface area contributed by atoms with E-state index in [1.165, 1.54) is 6.33 Å². The number of hydrogen-bond donors (Lipinski definition) is 2. The number of nitrogens with one attached hydrogen (secondary N) is 1. The lowest BCUT2D eigenvalue weighted by molar-refractivity contribution is 0.689. The van der Waals surface area contributed by atoms with Gasteiger partial charge in [-0.2, -0.15) is 4.98 Å². The minimum absolute atomic E-state index is 0.101. The molecule has 84 valence electrons. The molecule has 16 heavy (non-hydrogen) atoms. The summed E-state index contributed by atoms with van der Waals surface area (Å²) in [5.41, 5.74) is 7.09. The van der Waals surface area contributed by atoms with Crippen molar-refractivity contribution in [3.05, 3.63) is 18.6 Å². The second-order valence-electron chi connectivity index (χ2n) is 3.09. The zero-order valence-electron chi connectivity index (χ0n) is 8.73. The second kappa shape index (κ2) is 4.01. The van der Waals surface area contributed by atoms with Gasteiger partial charge >= 0.3 is 0 Å². The third-order valence-electron chi connectivity index (χ3n) is 2.10. The molecule has 0 saturated heterocycles. The van der Waals surface area contributed by atoms with Gasteiger partial charge in [-0.3, -0.25) is 4.21 Å². The Kier molecular flexibility index (Phi) is 2.69. The molecule has 0 fully saturated rings. The van der Waals surface area contributed by atoms with Gasteiger partial charge in [-0.25, -0.2) is 9.97 Å². The van der Waals surface area contributed by atoms with E-state index in [-0.39, 0.29) is 5.95 Å². The van der Waals surface area contributed by atoms with E-state index in [0.717, 1.165) is 0 Å². The average Bonchev–Trinajstić information content (AvgIpc) is 2.73. The van der Waals surface area contributed by atoms with Gasteiger partial charge in [0.15, 0.2) is 5.65 Å². The van der Waals surface area contributed by atoms with Crippen molar-refractivity contribution in [1.29, 1.82) is 0 Å². The van der Waals surface area contributed by atoms with Gasteiger partial charge in [0.1, 0.15) is 11.2 Å². The molecule has 2 aromatic rings. The molecule has 2 rings (SSSR count). The van der Waals surface area contributed by atoms with E-state index < -0.39 is 10.8 Å². The normalized spacial score (nSPS) is 12.8. The number of fused-ring (bicyclic) bond motifs is 1. The Morgan fingerprint density at radius 3 is 3.06 bits per heavy atom. The molecular formula is C9H11N5OS. The molecule has 7 heteroatoms. The summed E-state index contributed by atoms with van der Waals surface area (Å²) in [6, 6.07) is 0. The maximum Gasteiger partial charge on any atom is 0.222 e. The SMILES string of the molecule is C=C(c1nc(N)nc2nc[nH]c12)S(=O)CC. The molecule has 0 aliphatic rings. The number of imidazole rings is 1. The highest BCUT2D eigenvalue weighted by atomic mass is 32.2. The van der Waals surface area contributed by atoms with Crippen LogP contribution in [-0.2, 0) is 10.8 Å². The van der Waals surface area contributed by atoms with Crippen LogP contribution in [0.5, 0.6) is 0 Å². The monoisotopic (exact) mass is 237 g/mol. The van der Waals surface area contributed by atoms with Crippen molar-refractivity contribution in [2.75, 3.05) is 11.5 Å². The smallest absolute Gasteiger partial charge is 0.222 e. The zero-order chi connectivity index (χ0) is 11.7. The van der Waals surface area contributed by atoms with Crippen molar-refractivity contribution in [2.24, 2.45) is 0 Å². The van der Waals surface area contributed by atoms with Crippen LogP contribution in [-0.4, -0.2) is 29.9 Å². The van der Waals surface area contributed by atoms with Gasteiger partial charge in [0.05, 0.1) is 22.0 Å². The molecule has 0 spiro atoms. The molecule has 2 heterocycles. The van der Waals surface area contributed by atoms with E-state index in [9.17, 15) is 4.21 Å². The van der Waals surface area contributed by atoms with Crippen LogP contribution < -0.4 is 5.73 Å². The fraction of sp³-hybridized carbons (Fsp3) is 0.222. The van der Waals surface area contributed by atoms with Crippen LogP contribution >= 0.6 is 0 Å². The Labute approximate surface area is 94.5 Å². The van der Waals surface area contributed by atoms with Gasteiger partial charge in [0.2, 0.25) is 5.95 Å². The highest BCUT2D eigenvalue weighted by molar-refractivity contribution is 7.94. The first kappa shape index (κ1) is 10.7. The van der Waals surface area contributed by atoms with Gasteiger partial charge < -0.3 is 10.7 Å². The van der Waals surface area contributed by atoms with Crippen LogP contribution in [0.1, 0.15) is 12.6 Å². The lowest BCUT2D eigenvalue weighted by Gasteiger charge is -2.04. The Balaban J connectivity index is 2.63. The Hall–Kier alpha value is -1.76. The maximum atomic E-state index is 11.7. The standard InChI is InChI=1S/C9H11N5OS/c1-3-16(15)5(2)6-7-8(12-4-11-7)14-9(10)13-6/h4H,2-3H2,1H3,(H3,10,11,12,13,14). The van der Waals surface area contributed by atoms with Crippen molar-refractivity contribution in [3.63, 3.8) is 0 Å². The number of aromatic nitrogens is 4.